The third-order valence-electron chi connectivity index (χ3n) is 3.57. The third kappa shape index (κ3) is 4.39. The molecule has 2 rings (SSSR count). The molecule has 1 aromatic rings. The van der Waals surface area contributed by atoms with Gasteiger partial charge in [0.25, 0.3) is 11.6 Å². The van der Waals surface area contributed by atoms with Crippen LogP contribution in [0.3, 0.4) is 0 Å². The fourth-order valence-electron chi connectivity index (χ4n) is 2.23. The van der Waals surface area contributed by atoms with E-state index in [0.29, 0.717) is 31.9 Å². The maximum Gasteiger partial charge on any atom is 0.269 e. The Labute approximate surface area is 132 Å². The van der Waals surface area contributed by atoms with Gasteiger partial charge >= 0.3 is 0 Å². The standard InChI is InChI=1S/C14H18N4O5/c15-9-13(19)16-5-7-17(8-6-16)14(20)10-23-12-3-1-11(2-4-12)18(21)22/h1-4H,5-10,15H2. The molecule has 124 valence electrons. The summed E-state index contributed by atoms with van der Waals surface area (Å²) in [6.45, 7) is 1.61. The minimum atomic E-state index is -0.503. The van der Waals surface area contributed by atoms with Crippen molar-refractivity contribution in [3.63, 3.8) is 0 Å². The number of nitrogens with two attached hydrogens (primary N) is 1. The molecule has 1 aliphatic rings. The molecule has 9 heteroatoms. The van der Waals surface area contributed by atoms with Gasteiger partial charge in [-0.05, 0) is 12.1 Å². The average Bonchev–Trinajstić information content (AvgIpc) is 2.59. The SMILES string of the molecule is NCC(=O)N1CCN(C(=O)COc2ccc([N+](=O)[O-])cc2)CC1. The van der Waals surface area contributed by atoms with Crippen LogP contribution in [0.4, 0.5) is 5.69 Å². The Bertz CT molecular complexity index is 581. The van der Waals surface area contributed by atoms with Gasteiger partial charge in [0.2, 0.25) is 5.91 Å². The Hall–Kier alpha value is -2.68. The van der Waals surface area contributed by atoms with E-state index in [1.165, 1.54) is 24.3 Å². The zero-order valence-corrected chi connectivity index (χ0v) is 12.5. The molecule has 1 saturated heterocycles. The molecule has 0 bridgehead atoms. The lowest BCUT2D eigenvalue weighted by Crippen LogP contribution is -2.52. The van der Waals surface area contributed by atoms with Gasteiger partial charge in [-0.25, -0.2) is 0 Å². The van der Waals surface area contributed by atoms with Gasteiger partial charge in [0.1, 0.15) is 5.75 Å². The Morgan fingerprint density at radius 3 is 2.09 bits per heavy atom. The van der Waals surface area contributed by atoms with Crippen LogP contribution in [-0.4, -0.2) is 65.9 Å². The average molecular weight is 322 g/mol. The van der Waals surface area contributed by atoms with Crippen LogP contribution in [0.2, 0.25) is 0 Å². The zero-order valence-electron chi connectivity index (χ0n) is 12.5. The van der Waals surface area contributed by atoms with E-state index < -0.39 is 4.92 Å². The number of nitrogens with zero attached hydrogens (tertiary/aromatic N) is 3. The van der Waals surface area contributed by atoms with Crippen molar-refractivity contribution in [2.45, 2.75) is 0 Å². The van der Waals surface area contributed by atoms with E-state index in [1.54, 1.807) is 9.80 Å². The molecule has 9 nitrogen and oxygen atoms in total. The molecule has 0 unspecified atom stereocenters. The number of piperazine rings is 1. The molecule has 23 heavy (non-hydrogen) atoms. The minimum absolute atomic E-state index is 0.0306. The van der Waals surface area contributed by atoms with Crippen molar-refractivity contribution >= 4 is 17.5 Å². The molecular formula is C14H18N4O5. The Morgan fingerprint density at radius 1 is 1.09 bits per heavy atom. The van der Waals surface area contributed by atoms with E-state index in [1.807, 2.05) is 0 Å². The van der Waals surface area contributed by atoms with Gasteiger partial charge in [-0.1, -0.05) is 0 Å². The van der Waals surface area contributed by atoms with Gasteiger partial charge in [0, 0.05) is 38.3 Å². The number of benzene rings is 1. The molecule has 2 amide bonds. The van der Waals surface area contributed by atoms with E-state index in [-0.39, 0.29) is 30.7 Å². The summed E-state index contributed by atoms with van der Waals surface area (Å²) in [7, 11) is 0. The zero-order chi connectivity index (χ0) is 16.8. The smallest absolute Gasteiger partial charge is 0.269 e. The van der Waals surface area contributed by atoms with Crippen molar-refractivity contribution in [1.29, 1.82) is 0 Å². The molecule has 1 fully saturated rings. The van der Waals surface area contributed by atoms with Gasteiger partial charge in [-0.3, -0.25) is 19.7 Å². The van der Waals surface area contributed by atoms with E-state index in [2.05, 4.69) is 0 Å². The number of non-ortho nitro benzene ring substituents is 1. The van der Waals surface area contributed by atoms with Crippen LogP contribution >= 0.6 is 0 Å². The highest BCUT2D eigenvalue weighted by atomic mass is 16.6. The lowest BCUT2D eigenvalue weighted by molar-refractivity contribution is -0.384. The highest BCUT2D eigenvalue weighted by molar-refractivity contribution is 5.80. The number of ether oxygens (including phenoxy) is 1. The van der Waals surface area contributed by atoms with Gasteiger partial charge in [-0.2, -0.15) is 0 Å². The molecule has 1 aromatic carbocycles. The first-order valence-corrected chi connectivity index (χ1v) is 7.14. The number of carbonyl (C=O) groups is 2. The van der Waals surface area contributed by atoms with Crippen LogP contribution in [0.1, 0.15) is 0 Å². The van der Waals surface area contributed by atoms with Crippen molar-refractivity contribution in [3.05, 3.63) is 34.4 Å². The maximum atomic E-state index is 12.1. The molecule has 0 saturated carbocycles. The van der Waals surface area contributed by atoms with Crippen molar-refractivity contribution in [1.82, 2.24) is 9.80 Å². The predicted molar refractivity (Wildman–Crippen MR) is 80.8 cm³/mol. The molecule has 0 spiro atoms. The van der Waals surface area contributed by atoms with Crippen molar-refractivity contribution in [3.8, 4) is 5.75 Å². The third-order valence-corrected chi connectivity index (χ3v) is 3.57. The number of nitro groups is 1. The summed E-state index contributed by atoms with van der Waals surface area (Å²) in [5.41, 5.74) is 5.27. The van der Waals surface area contributed by atoms with E-state index in [0.717, 1.165) is 0 Å². The Morgan fingerprint density at radius 2 is 1.61 bits per heavy atom. The normalized spacial score (nSPS) is 14.5. The van der Waals surface area contributed by atoms with Gasteiger partial charge < -0.3 is 20.3 Å². The second-order valence-electron chi connectivity index (χ2n) is 5.01. The second kappa shape index (κ2) is 7.54. The van der Waals surface area contributed by atoms with Crippen molar-refractivity contribution in [2.24, 2.45) is 5.73 Å². The maximum absolute atomic E-state index is 12.1. The molecule has 0 radical (unpaired) electrons. The first-order valence-electron chi connectivity index (χ1n) is 7.14. The van der Waals surface area contributed by atoms with E-state index >= 15 is 0 Å². The summed E-state index contributed by atoms with van der Waals surface area (Å²) in [6.07, 6.45) is 0. The Balaban J connectivity index is 1.79. The second-order valence-corrected chi connectivity index (χ2v) is 5.01. The van der Waals surface area contributed by atoms with Crippen LogP contribution in [-0.2, 0) is 9.59 Å². The van der Waals surface area contributed by atoms with E-state index in [9.17, 15) is 19.7 Å². The van der Waals surface area contributed by atoms with Gasteiger partial charge in [0.15, 0.2) is 6.61 Å². The summed E-state index contributed by atoms with van der Waals surface area (Å²) in [4.78, 5) is 36.8. The minimum Gasteiger partial charge on any atom is -0.484 e. The molecule has 1 heterocycles. The number of carbonyl (C=O) groups excluding carboxylic acids is 2. The number of hydrogen-bond donors (Lipinski definition) is 1. The number of amides is 2. The number of nitro benzene ring substituents is 1. The highest BCUT2D eigenvalue weighted by Crippen LogP contribution is 2.17. The van der Waals surface area contributed by atoms with Crippen LogP contribution in [0.15, 0.2) is 24.3 Å². The molecule has 0 aliphatic carbocycles. The van der Waals surface area contributed by atoms with Crippen LogP contribution in [0.5, 0.6) is 5.75 Å². The largest absolute Gasteiger partial charge is 0.484 e. The van der Waals surface area contributed by atoms with Crippen LogP contribution < -0.4 is 10.5 Å². The summed E-state index contributed by atoms with van der Waals surface area (Å²) in [5.74, 6) is 0.0725. The monoisotopic (exact) mass is 322 g/mol. The topological polar surface area (TPSA) is 119 Å². The summed E-state index contributed by atoms with van der Waals surface area (Å²) >= 11 is 0. The number of rotatable bonds is 5. The summed E-state index contributed by atoms with van der Waals surface area (Å²) in [6, 6.07) is 5.53. The fraction of sp³-hybridized carbons (Fsp3) is 0.429. The summed E-state index contributed by atoms with van der Waals surface area (Å²) in [5, 5.41) is 10.5. The highest BCUT2D eigenvalue weighted by Gasteiger charge is 2.23. The molecule has 0 aromatic heterocycles. The first-order chi connectivity index (χ1) is 11.0. The van der Waals surface area contributed by atoms with Gasteiger partial charge in [0.05, 0.1) is 11.5 Å². The Kier molecular flexibility index (Phi) is 5.47. The van der Waals surface area contributed by atoms with Crippen molar-refractivity contribution in [2.75, 3.05) is 39.3 Å². The van der Waals surface area contributed by atoms with Crippen molar-refractivity contribution < 1.29 is 19.2 Å². The van der Waals surface area contributed by atoms with E-state index in [4.69, 9.17) is 10.5 Å². The van der Waals surface area contributed by atoms with Gasteiger partial charge in [-0.15, -0.1) is 0 Å². The van der Waals surface area contributed by atoms with Crippen LogP contribution in [0.25, 0.3) is 0 Å². The predicted octanol–water partition coefficient (Wildman–Crippen LogP) is -0.397. The molecule has 0 atom stereocenters. The lowest BCUT2D eigenvalue weighted by Gasteiger charge is -2.34. The summed E-state index contributed by atoms with van der Waals surface area (Å²) < 4.78 is 5.34. The first kappa shape index (κ1) is 16.7. The molecular weight excluding hydrogens is 304 g/mol. The number of hydrogen-bond acceptors (Lipinski definition) is 6. The molecule has 2 N–H and O–H groups in total. The van der Waals surface area contributed by atoms with Crippen LogP contribution in [0, 0.1) is 10.1 Å². The molecule has 1 aliphatic heterocycles. The fourth-order valence-corrected chi connectivity index (χ4v) is 2.23. The lowest BCUT2D eigenvalue weighted by atomic mass is 10.3. The quantitative estimate of drug-likeness (QED) is 0.582.